The summed E-state index contributed by atoms with van der Waals surface area (Å²) in [6.07, 6.45) is 2.56. The molecular weight excluding hydrogens is 384 g/mol. The maximum absolute atomic E-state index is 12.0. The second-order valence-corrected chi connectivity index (χ2v) is 5.95. The Hall–Kier alpha value is -2.60. The second-order valence-electron chi connectivity index (χ2n) is 5.09. The fraction of sp³-hybridized carbons (Fsp3) is 0.158. The third-order valence-electron chi connectivity index (χ3n) is 3.15. The number of hydrogen-bond acceptors (Lipinski definition) is 4. The van der Waals surface area contributed by atoms with E-state index in [0.717, 1.165) is 15.8 Å². The number of benzene rings is 2. The molecule has 2 rings (SSSR count). The molecule has 0 aromatic heterocycles. The molecule has 2 aromatic rings. The molecule has 130 valence electrons. The molecule has 5 nitrogen and oxygen atoms in total. The fourth-order valence-corrected chi connectivity index (χ4v) is 2.23. The number of halogens is 1. The van der Waals surface area contributed by atoms with Crippen LogP contribution < -0.4 is 14.9 Å². The van der Waals surface area contributed by atoms with Crippen molar-refractivity contribution in [3.05, 3.63) is 71.2 Å². The van der Waals surface area contributed by atoms with Gasteiger partial charge in [-0.15, -0.1) is 0 Å². The van der Waals surface area contributed by atoms with Crippen molar-refractivity contribution in [2.45, 2.75) is 13.0 Å². The molecule has 1 N–H and O–H groups in total. The summed E-state index contributed by atoms with van der Waals surface area (Å²) in [5, 5.41) is 3.95. The molecular formula is C19H19BrN2O3. The minimum absolute atomic E-state index is 0.335. The highest BCUT2D eigenvalue weighted by atomic mass is 79.9. The Balaban J connectivity index is 1.85. The number of nitrogens with zero attached hydrogens (tertiary/aromatic N) is 1. The van der Waals surface area contributed by atoms with Crippen LogP contribution in [0.3, 0.4) is 0 Å². The van der Waals surface area contributed by atoms with Crippen molar-refractivity contribution in [3.8, 4) is 11.5 Å². The first-order valence-electron chi connectivity index (χ1n) is 7.68. The first-order chi connectivity index (χ1) is 12.1. The zero-order chi connectivity index (χ0) is 18.1. The maximum atomic E-state index is 12.0. The van der Waals surface area contributed by atoms with E-state index in [1.165, 1.54) is 0 Å². The van der Waals surface area contributed by atoms with Crippen LogP contribution in [-0.2, 0) is 4.79 Å². The number of amides is 1. The summed E-state index contributed by atoms with van der Waals surface area (Å²) >= 11 is 3.38. The number of nitrogens with one attached hydrogen (secondary N) is 1. The van der Waals surface area contributed by atoms with Crippen LogP contribution in [0.4, 0.5) is 0 Å². The van der Waals surface area contributed by atoms with E-state index in [2.05, 4.69) is 33.0 Å². The summed E-state index contributed by atoms with van der Waals surface area (Å²) in [6.45, 7) is 5.72. The lowest BCUT2D eigenvalue weighted by Crippen LogP contribution is -2.33. The third-order valence-corrected chi connectivity index (χ3v) is 3.80. The highest BCUT2D eigenvalue weighted by molar-refractivity contribution is 9.10. The van der Waals surface area contributed by atoms with Gasteiger partial charge < -0.3 is 9.47 Å². The van der Waals surface area contributed by atoms with Crippen molar-refractivity contribution in [1.29, 1.82) is 0 Å². The van der Waals surface area contributed by atoms with E-state index in [4.69, 9.17) is 9.47 Å². The van der Waals surface area contributed by atoms with E-state index >= 15 is 0 Å². The van der Waals surface area contributed by atoms with Crippen LogP contribution in [0.2, 0.25) is 0 Å². The largest absolute Gasteiger partial charge is 0.490 e. The Labute approximate surface area is 155 Å². The quantitative estimate of drug-likeness (QED) is 0.413. The second kappa shape index (κ2) is 9.64. The van der Waals surface area contributed by atoms with E-state index < -0.39 is 6.10 Å². The van der Waals surface area contributed by atoms with Crippen LogP contribution in [0.5, 0.6) is 11.5 Å². The molecule has 1 unspecified atom stereocenters. The van der Waals surface area contributed by atoms with Gasteiger partial charge in [0.05, 0.1) is 10.7 Å². The molecule has 0 aliphatic carbocycles. The molecule has 1 atom stereocenters. The highest BCUT2D eigenvalue weighted by Crippen LogP contribution is 2.24. The summed E-state index contributed by atoms with van der Waals surface area (Å²) < 4.78 is 11.8. The van der Waals surface area contributed by atoms with Crippen LogP contribution in [-0.4, -0.2) is 24.8 Å². The Morgan fingerprint density at radius 1 is 1.28 bits per heavy atom. The molecule has 1 amide bonds. The molecule has 0 saturated carbocycles. The number of hydrogen-bond donors (Lipinski definition) is 1. The van der Waals surface area contributed by atoms with Gasteiger partial charge in [-0.3, -0.25) is 4.79 Å². The van der Waals surface area contributed by atoms with Crippen molar-refractivity contribution < 1.29 is 14.3 Å². The third kappa shape index (κ3) is 6.08. The number of para-hydroxylation sites is 1. The Kier molecular flexibility index (Phi) is 7.22. The lowest BCUT2D eigenvalue weighted by Gasteiger charge is -2.13. The normalized spacial score (nSPS) is 11.8. The van der Waals surface area contributed by atoms with Crippen LogP contribution in [0.15, 0.2) is 70.8 Å². The number of hydrazone groups is 1. The smallest absolute Gasteiger partial charge is 0.280 e. The van der Waals surface area contributed by atoms with Crippen molar-refractivity contribution in [3.63, 3.8) is 0 Å². The molecule has 0 saturated heterocycles. The number of rotatable bonds is 8. The van der Waals surface area contributed by atoms with Gasteiger partial charge in [-0.05, 0) is 64.8 Å². The van der Waals surface area contributed by atoms with Crippen LogP contribution in [0.25, 0.3) is 0 Å². The van der Waals surface area contributed by atoms with Gasteiger partial charge in [0.1, 0.15) is 18.1 Å². The number of carbonyl (C=O) groups is 1. The van der Waals surface area contributed by atoms with Gasteiger partial charge >= 0.3 is 0 Å². The minimum Gasteiger partial charge on any atom is -0.490 e. The van der Waals surface area contributed by atoms with E-state index in [1.54, 1.807) is 25.3 Å². The van der Waals surface area contributed by atoms with Gasteiger partial charge in [0.15, 0.2) is 6.10 Å². The van der Waals surface area contributed by atoms with Gasteiger partial charge in [0.2, 0.25) is 0 Å². The average Bonchev–Trinajstić information content (AvgIpc) is 2.62. The summed E-state index contributed by atoms with van der Waals surface area (Å²) in [5.74, 6) is 1.01. The highest BCUT2D eigenvalue weighted by Gasteiger charge is 2.14. The predicted molar refractivity (Wildman–Crippen MR) is 102 cm³/mol. The van der Waals surface area contributed by atoms with E-state index in [9.17, 15) is 4.79 Å². The zero-order valence-electron chi connectivity index (χ0n) is 13.8. The molecule has 0 spiro atoms. The SMILES string of the molecule is C=CCOc1ccc(/C=N\NC(=O)C(C)Oc2ccccc2Br)cc1. The van der Waals surface area contributed by atoms with Gasteiger partial charge in [-0.1, -0.05) is 24.8 Å². The van der Waals surface area contributed by atoms with Crippen molar-refractivity contribution in [2.75, 3.05) is 6.61 Å². The Morgan fingerprint density at radius 2 is 2.00 bits per heavy atom. The summed E-state index contributed by atoms with van der Waals surface area (Å²) in [5.41, 5.74) is 3.30. The molecule has 0 aliphatic rings. The fourth-order valence-electron chi connectivity index (χ4n) is 1.85. The summed E-state index contributed by atoms with van der Waals surface area (Å²) in [4.78, 5) is 12.0. The first kappa shape index (κ1) is 18.7. The Bertz CT molecular complexity index is 745. The number of ether oxygens (including phenoxy) is 2. The van der Waals surface area contributed by atoms with E-state index in [-0.39, 0.29) is 5.91 Å². The Morgan fingerprint density at radius 3 is 2.68 bits per heavy atom. The van der Waals surface area contributed by atoms with Crippen LogP contribution >= 0.6 is 15.9 Å². The van der Waals surface area contributed by atoms with Crippen molar-refractivity contribution in [1.82, 2.24) is 5.43 Å². The molecule has 6 heteroatoms. The molecule has 2 aromatic carbocycles. The van der Waals surface area contributed by atoms with Gasteiger partial charge in [0.25, 0.3) is 5.91 Å². The standard InChI is InChI=1S/C19H19BrN2O3/c1-3-12-24-16-10-8-15(9-11-16)13-21-22-19(23)14(2)25-18-7-5-4-6-17(18)20/h3-11,13-14H,1,12H2,2H3,(H,22,23)/b21-13-. The van der Waals surface area contributed by atoms with Gasteiger partial charge in [0, 0.05) is 0 Å². The van der Waals surface area contributed by atoms with Crippen LogP contribution in [0.1, 0.15) is 12.5 Å². The van der Waals surface area contributed by atoms with Crippen molar-refractivity contribution in [2.24, 2.45) is 5.10 Å². The first-order valence-corrected chi connectivity index (χ1v) is 8.47. The molecule has 0 heterocycles. The molecule has 0 fully saturated rings. The van der Waals surface area contributed by atoms with E-state index in [0.29, 0.717) is 12.4 Å². The lowest BCUT2D eigenvalue weighted by atomic mass is 10.2. The van der Waals surface area contributed by atoms with E-state index in [1.807, 2.05) is 42.5 Å². The average molecular weight is 403 g/mol. The number of carbonyl (C=O) groups excluding carboxylic acids is 1. The van der Waals surface area contributed by atoms with Crippen molar-refractivity contribution >= 4 is 28.1 Å². The molecule has 0 aliphatic heterocycles. The predicted octanol–water partition coefficient (Wildman–Crippen LogP) is 3.93. The summed E-state index contributed by atoms with van der Waals surface area (Å²) in [6, 6.07) is 14.7. The van der Waals surface area contributed by atoms with Gasteiger partial charge in [-0.2, -0.15) is 5.10 Å². The zero-order valence-corrected chi connectivity index (χ0v) is 15.4. The topological polar surface area (TPSA) is 59.9 Å². The minimum atomic E-state index is -0.675. The van der Waals surface area contributed by atoms with Gasteiger partial charge in [-0.25, -0.2) is 5.43 Å². The molecule has 0 radical (unpaired) electrons. The maximum Gasteiger partial charge on any atom is 0.280 e. The molecule has 25 heavy (non-hydrogen) atoms. The lowest BCUT2D eigenvalue weighted by molar-refractivity contribution is -0.127. The summed E-state index contributed by atoms with van der Waals surface area (Å²) in [7, 11) is 0. The van der Waals surface area contributed by atoms with Crippen LogP contribution in [0, 0.1) is 0 Å². The molecule has 0 bridgehead atoms. The monoisotopic (exact) mass is 402 g/mol.